The van der Waals surface area contributed by atoms with E-state index in [1.807, 2.05) is 59.0 Å². The Balaban J connectivity index is 1.61. The fourth-order valence-electron chi connectivity index (χ4n) is 3.18. The van der Waals surface area contributed by atoms with Gasteiger partial charge in [-0.3, -0.25) is 4.79 Å². The molecule has 2 heterocycles. The number of nitrogens with zero attached hydrogens (tertiary/aromatic N) is 1. The van der Waals surface area contributed by atoms with E-state index < -0.39 is 5.60 Å². The number of benzene rings is 1. The zero-order chi connectivity index (χ0) is 17.2. The molecule has 3 unspecified atom stereocenters. The number of hydrogen-bond donors (Lipinski definition) is 2. The fourth-order valence-corrected chi connectivity index (χ4v) is 3.96. The smallest absolute Gasteiger partial charge is 0.224 e. The molecule has 1 aliphatic rings. The number of thiophene rings is 1. The van der Waals surface area contributed by atoms with Crippen LogP contribution in [-0.4, -0.2) is 34.5 Å². The minimum Gasteiger partial charge on any atom is -0.384 e. The van der Waals surface area contributed by atoms with Crippen LogP contribution in [0.25, 0.3) is 0 Å². The monoisotopic (exact) mass is 344 g/mol. The lowest BCUT2D eigenvalue weighted by atomic mass is 9.98. The van der Waals surface area contributed by atoms with Crippen LogP contribution in [0, 0.1) is 0 Å². The van der Waals surface area contributed by atoms with Gasteiger partial charge in [-0.25, -0.2) is 0 Å². The lowest BCUT2D eigenvalue weighted by molar-refractivity contribution is -0.129. The second kappa shape index (κ2) is 7.05. The normalized spacial score (nSPS) is 23.5. The molecule has 0 aliphatic carbocycles. The average molecular weight is 344 g/mol. The molecule has 1 fully saturated rings. The predicted octanol–water partition coefficient (Wildman–Crippen LogP) is 2.73. The number of carbonyl (C=O) groups excluding carboxylic acids is 1. The molecule has 0 bridgehead atoms. The zero-order valence-electron chi connectivity index (χ0n) is 14.1. The zero-order valence-corrected chi connectivity index (χ0v) is 14.9. The summed E-state index contributed by atoms with van der Waals surface area (Å²) in [6, 6.07) is 12.2. The summed E-state index contributed by atoms with van der Waals surface area (Å²) in [5, 5.41) is 18.0. The van der Waals surface area contributed by atoms with E-state index in [1.54, 1.807) is 11.3 Å². The molecule has 1 aromatic heterocycles. The van der Waals surface area contributed by atoms with Crippen molar-refractivity contribution in [2.75, 3.05) is 6.54 Å². The van der Waals surface area contributed by atoms with Crippen molar-refractivity contribution < 1.29 is 9.90 Å². The van der Waals surface area contributed by atoms with E-state index in [0.29, 0.717) is 19.5 Å². The standard InChI is InChI=1S/C19H24N2O2S/c1-14-17(20-13-19(2,23)16-8-9-24-12-16)10-18(22)21(14)11-15-6-4-3-5-7-15/h3-9,12,14,17,20,23H,10-11,13H2,1-2H3. The highest BCUT2D eigenvalue weighted by molar-refractivity contribution is 7.08. The first kappa shape index (κ1) is 17.1. The van der Waals surface area contributed by atoms with E-state index in [9.17, 15) is 9.90 Å². The Labute approximate surface area is 147 Å². The summed E-state index contributed by atoms with van der Waals surface area (Å²) in [4.78, 5) is 14.3. The van der Waals surface area contributed by atoms with Gasteiger partial charge in [0.05, 0.1) is 5.60 Å². The first-order chi connectivity index (χ1) is 11.5. The number of rotatable bonds is 6. The number of amides is 1. The van der Waals surface area contributed by atoms with Crippen LogP contribution >= 0.6 is 11.3 Å². The topological polar surface area (TPSA) is 52.6 Å². The summed E-state index contributed by atoms with van der Waals surface area (Å²) in [7, 11) is 0. The summed E-state index contributed by atoms with van der Waals surface area (Å²) < 4.78 is 0. The Kier molecular flexibility index (Phi) is 5.04. The van der Waals surface area contributed by atoms with Crippen molar-refractivity contribution in [2.45, 2.75) is 44.5 Å². The molecule has 3 rings (SSSR count). The van der Waals surface area contributed by atoms with Crippen LogP contribution in [0.5, 0.6) is 0 Å². The minimum absolute atomic E-state index is 0.0614. The van der Waals surface area contributed by atoms with Crippen LogP contribution in [0.1, 0.15) is 31.4 Å². The SMILES string of the molecule is CC1C(NCC(C)(O)c2ccsc2)CC(=O)N1Cc1ccccc1. The third-order valence-electron chi connectivity index (χ3n) is 4.84. The Hall–Kier alpha value is -1.69. The van der Waals surface area contributed by atoms with Gasteiger partial charge in [0.25, 0.3) is 0 Å². The van der Waals surface area contributed by atoms with Gasteiger partial charge in [-0.05, 0) is 41.8 Å². The van der Waals surface area contributed by atoms with Crippen molar-refractivity contribution in [3.8, 4) is 0 Å². The second-order valence-corrected chi connectivity index (χ2v) is 7.51. The molecule has 24 heavy (non-hydrogen) atoms. The van der Waals surface area contributed by atoms with Gasteiger partial charge in [-0.1, -0.05) is 30.3 Å². The molecule has 0 radical (unpaired) electrons. The van der Waals surface area contributed by atoms with Crippen LogP contribution in [0.4, 0.5) is 0 Å². The fraction of sp³-hybridized carbons (Fsp3) is 0.421. The van der Waals surface area contributed by atoms with Crippen LogP contribution in [0.2, 0.25) is 0 Å². The molecule has 0 saturated carbocycles. The van der Waals surface area contributed by atoms with Crippen molar-refractivity contribution in [3.63, 3.8) is 0 Å². The lowest BCUT2D eigenvalue weighted by Crippen LogP contribution is -2.45. The summed E-state index contributed by atoms with van der Waals surface area (Å²) in [6.45, 7) is 4.96. The molecule has 1 amide bonds. The van der Waals surface area contributed by atoms with E-state index >= 15 is 0 Å². The van der Waals surface area contributed by atoms with Gasteiger partial charge in [-0.15, -0.1) is 0 Å². The molecule has 1 aliphatic heterocycles. The number of nitrogens with one attached hydrogen (secondary N) is 1. The number of carbonyl (C=O) groups is 1. The maximum Gasteiger partial charge on any atom is 0.224 e. The van der Waals surface area contributed by atoms with E-state index in [0.717, 1.165) is 11.1 Å². The summed E-state index contributed by atoms with van der Waals surface area (Å²) in [6.07, 6.45) is 0.480. The molecular weight excluding hydrogens is 320 g/mol. The minimum atomic E-state index is -0.921. The van der Waals surface area contributed by atoms with Gasteiger partial charge in [0.15, 0.2) is 0 Å². The molecule has 3 atom stereocenters. The molecule has 4 nitrogen and oxygen atoms in total. The van der Waals surface area contributed by atoms with Crippen LogP contribution in [0.15, 0.2) is 47.2 Å². The molecule has 2 aromatic rings. The highest BCUT2D eigenvalue weighted by atomic mass is 32.1. The summed E-state index contributed by atoms with van der Waals surface area (Å²) >= 11 is 1.58. The number of likely N-dealkylation sites (tertiary alicyclic amines) is 1. The summed E-state index contributed by atoms with van der Waals surface area (Å²) in [5.41, 5.74) is 1.14. The lowest BCUT2D eigenvalue weighted by Gasteiger charge is -2.29. The third kappa shape index (κ3) is 3.69. The molecule has 5 heteroatoms. The van der Waals surface area contributed by atoms with Crippen molar-refractivity contribution in [1.82, 2.24) is 10.2 Å². The van der Waals surface area contributed by atoms with E-state index in [2.05, 4.69) is 12.2 Å². The Bertz CT molecular complexity index is 670. The highest BCUT2D eigenvalue weighted by Crippen LogP contribution is 2.25. The van der Waals surface area contributed by atoms with Crippen molar-refractivity contribution >= 4 is 17.2 Å². The van der Waals surface area contributed by atoms with E-state index in [4.69, 9.17) is 0 Å². The number of hydrogen-bond acceptors (Lipinski definition) is 4. The Morgan fingerprint density at radius 1 is 1.33 bits per heavy atom. The van der Waals surface area contributed by atoms with E-state index in [1.165, 1.54) is 0 Å². The molecular formula is C19H24N2O2S. The van der Waals surface area contributed by atoms with Gasteiger partial charge >= 0.3 is 0 Å². The molecule has 128 valence electrons. The van der Waals surface area contributed by atoms with E-state index in [-0.39, 0.29) is 18.0 Å². The first-order valence-electron chi connectivity index (χ1n) is 8.29. The first-order valence-corrected chi connectivity index (χ1v) is 9.23. The molecule has 2 N–H and O–H groups in total. The van der Waals surface area contributed by atoms with Gasteiger partial charge in [-0.2, -0.15) is 11.3 Å². The molecule has 0 spiro atoms. The quantitative estimate of drug-likeness (QED) is 0.847. The Morgan fingerprint density at radius 3 is 2.75 bits per heavy atom. The van der Waals surface area contributed by atoms with Crippen LogP contribution in [0.3, 0.4) is 0 Å². The molecule has 1 aromatic carbocycles. The average Bonchev–Trinajstić information content (AvgIpc) is 3.19. The van der Waals surface area contributed by atoms with Gasteiger partial charge < -0.3 is 15.3 Å². The van der Waals surface area contributed by atoms with Crippen molar-refractivity contribution in [3.05, 3.63) is 58.3 Å². The van der Waals surface area contributed by atoms with Gasteiger partial charge in [0, 0.05) is 31.6 Å². The third-order valence-corrected chi connectivity index (χ3v) is 5.52. The van der Waals surface area contributed by atoms with Crippen molar-refractivity contribution in [2.24, 2.45) is 0 Å². The van der Waals surface area contributed by atoms with Crippen LogP contribution < -0.4 is 5.32 Å². The second-order valence-electron chi connectivity index (χ2n) is 6.73. The largest absolute Gasteiger partial charge is 0.384 e. The Morgan fingerprint density at radius 2 is 2.08 bits per heavy atom. The van der Waals surface area contributed by atoms with Crippen LogP contribution in [-0.2, 0) is 16.9 Å². The molecule has 1 saturated heterocycles. The number of aliphatic hydroxyl groups is 1. The van der Waals surface area contributed by atoms with Gasteiger partial charge in [0.2, 0.25) is 5.91 Å². The van der Waals surface area contributed by atoms with Gasteiger partial charge in [0.1, 0.15) is 0 Å². The highest BCUT2D eigenvalue weighted by Gasteiger charge is 2.37. The predicted molar refractivity (Wildman–Crippen MR) is 96.8 cm³/mol. The van der Waals surface area contributed by atoms with Crippen molar-refractivity contribution in [1.29, 1.82) is 0 Å². The maximum absolute atomic E-state index is 12.4. The maximum atomic E-state index is 12.4. The summed E-state index contributed by atoms with van der Waals surface area (Å²) in [5.74, 6) is 0.166.